The minimum atomic E-state index is -0.290. The number of hydrogen-bond acceptors (Lipinski definition) is 6. The number of amides is 1. The molecule has 1 heterocycles. The Balaban J connectivity index is 1.80. The number of halogens is 1. The molecule has 1 N–H and O–H groups in total. The zero-order chi connectivity index (χ0) is 15.1. The van der Waals surface area contributed by atoms with E-state index >= 15 is 0 Å². The number of benzene rings is 1. The number of rotatable bonds is 7. The van der Waals surface area contributed by atoms with Crippen molar-refractivity contribution in [2.75, 3.05) is 17.7 Å². The van der Waals surface area contributed by atoms with E-state index in [1.165, 1.54) is 23.1 Å². The third kappa shape index (κ3) is 5.37. The van der Waals surface area contributed by atoms with Crippen LogP contribution in [-0.4, -0.2) is 28.5 Å². The Labute approximate surface area is 135 Å². The van der Waals surface area contributed by atoms with Crippen LogP contribution in [0.4, 0.5) is 5.13 Å². The van der Waals surface area contributed by atoms with E-state index in [2.05, 4.69) is 22.1 Å². The predicted molar refractivity (Wildman–Crippen MR) is 86.4 cm³/mol. The van der Waals surface area contributed by atoms with Gasteiger partial charge in [-0.05, 0) is 24.3 Å². The van der Waals surface area contributed by atoms with Gasteiger partial charge < -0.3 is 4.74 Å². The second kappa shape index (κ2) is 8.02. The summed E-state index contributed by atoms with van der Waals surface area (Å²) in [4.78, 5) is 11.7. The van der Waals surface area contributed by atoms with E-state index in [-0.39, 0.29) is 12.5 Å². The summed E-state index contributed by atoms with van der Waals surface area (Å²) in [6.07, 6.45) is 1.78. The number of thioether (sulfide) groups is 1. The van der Waals surface area contributed by atoms with E-state index in [1.807, 2.05) is 0 Å². The summed E-state index contributed by atoms with van der Waals surface area (Å²) in [6.45, 7) is 3.53. The number of carbonyl (C=O) groups is 1. The molecule has 0 aliphatic rings. The third-order valence-corrected chi connectivity index (χ3v) is 4.38. The van der Waals surface area contributed by atoms with Crippen LogP contribution in [0.15, 0.2) is 41.3 Å². The summed E-state index contributed by atoms with van der Waals surface area (Å²) in [6, 6.07) is 6.79. The average Bonchev–Trinajstić information content (AvgIpc) is 2.92. The molecule has 1 aromatic heterocycles. The number of aromatic nitrogens is 2. The fourth-order valence-electron chi connectivity index (χ4n) is 1.28. The lowest BCUT2D eigenvalue weighted by atomic mass is 10.3. The second-order valence-corrected chi connectivity index (χ2v) is 6.44. The highest BCUT2D eigenvalue weighted by atomic mass is 35.5. The molecule has 0 aliphatic heterocycles. The summed E-state index contributed by atoms with van der Waals surface area (Å²) in [5.41, 5.74) is 0. The Morgan fingerprint density at radius 2 is 2.19 bits per heavy atom. The van der Waals surface area contributed by atoms with Gasteiger partial charge in [-0.1, -0.05) is 40.8 Å². The van der Waals surface area contributed by atoms with Gasteiger partial charge in [0.15, 0.2) is 10.9 Å². The molecule has 5 nitrogen and oxygen atoms in total. The van der Waals surface area contributed by atoms with E-state index in [0.717, 1.165) is 10.1 Å². The highest BCUT2D eigenvalue weighted by Gasteiger charge is 2.09. The molecule has 0 fully saturated rings. The molecule has 0 unspecified atom stereocenters. The topological polar surface area (TPSA) is 64.1 Å². The lowest BCUT2D eigenvalue weighted by Gasteiger charge is -2.05. The first kappa shape index (κ1) is 15.8. The van der Waals surface area contributed by atoms with Gasteiger partial charge in [0.1, 0.15) is 5.75 Å². The highest BCUT2D eigenvalue weighted by molar-refractivity contribution is 8.01. The third-order valence-electron chi connectivity index (χ3n) is 2.16. The highest BCUT2D eigenvalue weighted by Crippen LogP contribution is 2.25. The molecular weight excluding hydrogens is 330 g/mol. The number of ether oxygens (including phenoxy) is 1. The van der Waals surface area contributed by atoms with Crippen molar-refractivity contribution in [3.05, 3.63) is 41.9 Å². The van der Waals surface area contributed by atoms with Crippen molar-refractivity contribution in [1.82, 2.24) is 10.2 Å². The standard InChI is InChI=1S/C13H12ClN3O2S2/c1-2-7-20-13-17-16-12(21-13)15-11(18)8-19-10-5-3-9(14)4-6-10/h2-6H,1,7-8H2,(H,15,16,18). The van der Waals surface area contributed by atoms with Crippen LogP contribution in [0.1, 0.15) is 0 Å². The van der Waals surface area contributed by atoms with Crippen LogP contribution in [-0.2, 0) is 4.79 Å². The van der Waals surface area contributed by atoms with E-state index in [1.54, 1.807) is 30.3 Å². The quantitative estimate of drug-likeness (QED) is 0.474. The van der Waals surface area contributed by atoms with Crippen LogP contribution in [0.25, 0.3) is 0 Å². The van der Waals surface area contributed by atoms with Gasteiger partial charge in [0.25, 0.3) is 5.91 Å². The van der Waals surface area contributed by atoms with E-state index < -0.39 is 0 Å². The van der Waals surface area contributed by atoms with Crippen LogP contribution in [0.3, 0.4) is 0 Å². The molecule has 2 aromatic rings. The lowest BCUT2D eigenvalue weighted by Crippen LogP contribution is -2.20. The molecule has 1 amide bonds. The fraction of sp³-hybridized carbons (Fsp3) is 0.154. The van der Waals surface area contributed by atoms with Gasteiger partial charge in [-0.25, -0.2) is 0 Å². The van der Waals surface area contributed by atoms with Crippen LogP contribution in [0.5, 0.6) is 5.75 Å². The number of anilines is 1. The molecule has 0 spiro atoms. The molecular formula is C13H12ClN3O2S2. The maximum Gasteiger partial charge on any atom is 0.264 e. The molecule has 110 valence electrons. The summed E-state index contributed by atoms with van der Waals surface area (Å²) in [5.74, 6) is 1.04. The van der Waals surface area contributed by atoms with Crippen molar-refractivity contribution < 1.29 is 9.53 Å². The van der Waals surface area contributed by atoms with Gasteiger partial charge in [-0.15, -0.1) is 16.8 Å². The lowest BCUT2D eigenvalue weighted by molar-refractivity contribution is -0.118. The van der Waals surface area contributed by atoms with Crippen molar-refractivity contribution in [1.29, 1.82) is 0 Å². The first-order chi connectivity index (χ1) is 10.2. The van der Waals surface area contributed by atoms with Crippen LogP contribution >= 0.6 is 34.7 Å². The van der Waals surface area contributed by atoms with Crippen molar-refractivity contribution in [3.63, 3.8) is 0 Å². The van der Waals surface area contributed by atoms with Gasteiger partial charge in [0.05, 0.1) is 0 Å². The van der Waals surface area contributed by atoms with Crippen molar-refractivity contribution in [2.45, 2.75) is 4.34 Å². The Hall–Kier alpha value is -1.57. The summed E-state index contributed by atoms with van der Waals surface area (Å²) in [7, 11) is 0. The Kier molecular flexibility index (Phi) is 6.04. The first-order valence-corrected chi connectivity index (χ1v) is 8.11. The number of nitrogens with one attached hydrogen (secondary N) is 1. The summed E-state index contributed by atoms with van der Waals surface area (Å²) < 4.78 is 6.12. The zero-order valence-electron chi connectivity index (χ0n) is 10.9. The smallest absolute Gasteiger partial charge is 0.264 e. The number of nitrogens with zero attached hydrogens (tertiary/aromatic N) is 2. The van der Waals surface area contributed by atoms with Gasteiger partial charge in [-0.3, -0.25) is 10.1 Å². The maximum atomic E-state index is 11.7. The molecule has 0 saturated carbocycles. The Morgan fingerprint density at radius 3 is 2.90 bits per heavy atom. The number of carbonyl (C=O) groups excluding carboxylic acids is 1. The number of hydrogen-bond donors (Lipinski definition) is 1. The largest absolute Gasteiger partial charge is 0.484 e. The van der Waals surface area contributed by atoms with Gasteiger partial charge in [0.2, 0.25) is 5.13 Å². The minimum absolute atomic E-state index is 0.101. The Morgan fingerprint density at radius 1 is 1.43 bits per heavy atom. The molecule has 0 aliphatic carbocycles. The molecule has 0 saturated heterocycles. The SMILES string of the molecule is C=CCSc1nnc(NC(=O)COc2ccc(Cl)cc2)s1. The van der Waals surface area contributed by atoms with Gasteiger partial charge >= 0.3 is 0 Å². The molecule has 1 aromatic carbocycles. The molecule has 0 atom stereocenters. The first-order valence-electron chi connectivity index (χ1n) is 5.93. The molecule has 0 bridgehead atoms. The fourth-order valence-corrected chi connectivity index (χ4v) is 2.94. The van der Waals surface area contributed by atoms with Crippen molar-refractivity contribution in [3.8, 4) is 5.75 Å². The van der Waals surface area contributed by atoms with Crippen LogP contribution < -0.4 is 10.1 Å². The molecule has 2 rings (SSSR count). The minimum Gasteiger partial charge on any atom is -0.484 e. The predicted octanol–water partition coefficient (Wildman–Crippen LogP) is 3.49. The summed E-state index contributed by atoms with van der Waals surface area (Å²) >= 11 is 8.59. The molecule has 21 heavy (non-hydrogen) atoms. The van der Waals surface area contributed by atoms with Crippen molar-refractivity contribution >= 4 is 45.7 Å². The van der Waals surface area contributed by atoms with E-state index in [4.69, 9.17) is 16.3 Å². The zero-order valence-corrected chi connectivity index (χ0v) is 13.3. The van der Waals surface area contributed by atoms with Gasteiger partial charge in [-0.2, -0.15) is 0 Å². The van der Waals surface area contributed by atoms with Crippen molar-refractivity contribution in [2.24, 2.45) is 0 Å². The Bertz CT molecular complexity index is 616. The second-order valence-electron chi connectivity index (χ2n) is 3.76. The normalized spacial score (nSPS) is 10.1. The van der Waals surface area contributed by atoms with Crippen LogP contribution in [0, 0.1) is 0 Å². The van der Waals surface area contributed by atoms with E-state index in [0.29, 0.717) is 15.9 Å². The average molecular weight is 342 g/mol. The molecule has 8 heteroatoms. The summed E-state index contributed by atoms with van der Waals surface area (Å²) in [5, 5.41) is 11.5. The van der Waals surface area contributed by atoms with Gasteiger partial charge in [0, 0.05) is 10.8 Å². The van der Waals surface area contributed by atoms with E-state index in [9.17, 15) is 4.79 Å². The maximum absolute atomic E-state index is 11.7. The van der Waals surface area contributed by atoms with Crippen LogP contribution in [0.2, 0.25) is 5.02 Å². The monoisotopic (exact) mass is 341 g/mol. The molecule has 0 radical (unpaired) electrons.